The van der Waals surface area contributed by atoms with Crippen molar-refractivity contribution >= 4 is 43.6 Å². The highest BCUT2D eigenvalue weighted by Crippen LogP contribution is 2.51. The van der Waals surface area contributed by atoms with Gasteiger partial charge in [0.25, 0.3) is 0 Å². The van der Waals surface area contributed by atoms with Crippen molar-refractivity contribution < 1.29 is 119 Å². The number of nitriles is 2. The number of halogens is 27. The Balaban J connectivity index is 1.24. The maximum absolute atomic E-state index is 15.5. The number of nitrogens with zero attached hydrogens (tertiary/aromatic N) is 4. The molecule has 12 aromatic rings. The van der Waals surface area contributed by atoms with Crippen LogP contribution in [0.1, 0.15) is 61.2 Å². The van der Waals surface area contributed by atoms with Crippen LogP contribution < -0.4 is 0 Å². The van der Waals surface area contributed by atoms with Gasteiger partial charge in [0.15, 0.2) is 0 Å². The van der Waals surface area contributed by atoms with Crippen LogP contribution in [0.4, 0.5) is 119 Å². The molecule has 0 fully saturated rings. The van der Waals surface area contributed by atoms with E-state index in [1.54, 1.807) is 6.07 Å². The number of hydrogen-bond donors (Lipinski definition) is 0. The Kier molecular flexibility index (Phi) is 16.5. The third-order valence-electron chi connectivity index (χ3n) is 16.9. The smallest absolute Gasteiger partial charge is 0.308 e. The molecule has 0 aliphatic heterocycles. The van der Waals surface area contributed by atoms with Gasteiger partial charge in [0.2, 0.25) is 0 Å². The lowest BCUT2D eigenvalue weighted by Gasteiger charge is -2.21. The summed E-state index contributed by atoms with van der Waals surface area (Å²) in [5.41, 5.74) is -29.0. The van der Waals surface area contributed by atoms with Gasteiger partial charge in [0, 0.05) is 27.1 Å². The Morgan fingerprint density at radius 3 is 0.735 bits per heavy atom. The average molecular weight is 1450 g/mol. The number of rotatable bonds is 7. The van der Waals surface area contributed by atoms with Gasteiger partial charge in [-0.1, -0.05) is 54.6 Å². The second kappa shape index (κ2) is 23.8. The zero-order valence-electron chi connectivity index (χ0n) is 49.7. The molecular weight excluding hydrogens is 1420 g/mol. The molecular formula is C71H29F27N4. The Morgan fingerprint density at radius 1 is 0.245 bits per heavy atom. The molecule has 2 aromatic heterocycles. The molecule has 0 atom stereocenters. The number of alkyl halides is 27. The lowest BCUT2D eigenvalue weighted by atomic mass is 9.92. The standard InChI is InChI=1S/C71H29F27N4/c72-63(73,74)38-8-12-42(52(26-38)68(87,88)89)32-4-16-56-46(20-32)47-21-33(43-13-9-39(64(75,76)77)27-53(43)69(90,91)92)5-17-57(47)101(56)60-24-37(62-36(30-99)2-1-3-51(62)67(84,85)86)25-61(50(60)31-100)102-58-18-6-34(44-14-10-40(65(78,79)80)28-54(44)70(93,94)95)22-48(58)49-23-35(7-19-59(49)102)45-15-11-41(66(81,82)83)29-55(45)71(96,97)98/h1-29H. The van der Waals surface area contributed by atoms with Crippen LogP contribution in [0.3, 0.4) is 0 Å². The molecule has 0 spiro atoms. The first-order valence-corrected chi connectivity index (χ1v) is 28.7. The lowest BCUT2D eigenvalue weighted by molar-refractivity contribution is -0.144. The average Bonchev–Trinajstić information content (AvgIpc) is 1.54. The van der Waals surface area contributed by atoms with Crippen molar-refractivity contribution in [1.82, 2.24) is 9.13 Å². The van der Waals surface area contributed by atoms with Gasteiger partial charge in [-0.2, -0.15) is 129 Å². The van der Waals surface area contributed by atoms with Gasteiger partial charge in [-0.05, 0) is 171 Å². The zero-order chi connectivity index (χ0) is 74.5. The van der Waals surface area contributed by atoms with E-state index in [0.29, 0.717) is 30.3 Å². The van der Waals surface area contributed by atoms with Gasteiger partial charge in [0.05, 0.1) is 95.1 Å². The highest BCUT2D eigenvalue weighted by molar-refractivity contribution is 6.14. The lowest BCUT2D eigenvalue weighted by Crippen LogP contribution is -2.12. The van der Waals surface area contributed by atoms with E-state index in [2.05, 4.69) is 0 Å². The van der Waals surface area contributed by atoms with E-state index in [4.69, 9.17) is 0 Å². The predicted octanol–water partition coefficient (Wildman–Crippen LogP) is 25.1. The fourth-order valence-electron chi connectivity index (χ4n) is 12.5. The summed E-state index contributed by atoms with van der Waals surface area (Å²) >= 11 is 0. The summed E-state index contributed by atoms with van der Waals surface area (Å²) in [7, 11) is 0. The first kappa shape index (κ1) is 70.7. The van der Waals surface area contributed by atoms with Gasteiger partial charge >= 0.3 is 55.6 Å². The molecule has 0 aliphatic carbocycles. The van der Waals surface area contributed by atoms with E-state index >= 15 is 13.2 Å². The number of benzene rings is 10. The fourth-order valence-corrected chi connectivity index (χ4v) is 12.5. The van der Waals surface area contributed by atoms with Crippen molar-refractivity contribution in [2.45, 2.75) is 55.6 Å². The molecule has 0 N–H and O–H groups in total. The molecule has 0 saturated heterocycles. The molecule has 0 amide bonds. The van der Waals surface area contributed by atoms with Crippen LogP contribution >= 0.6 is 0 Å². The van der Waals surface area contributed by atoms with Gasteiger partial charge in [-0.3, -0.25) is 0 Å². The molecule has 0 bridgehead atoms. The summed E-state index contributed by atoms with van der Waals surface area (Å²) in [4.78, 5) is 0. The van der Waals surface area contributed by atoms with E-state index < -0.39 is 227 Å². The first-order valence-electron chi connectivity index (χ1n) is 28.7. The van der Waals surface area contributed by atoms with E-state index in [0.717, 1.165) is 106 Å². The van der Waals surface area contributed by atoms with Crippen molar-refractivity contribution in [1.29, 1.82) is 10.5 Å². The van der Waals surface area contributed by atoms with Crippen LogP contribution in [0.25, 0.3) is 111 Å². The number of hydrogen-bond acceptors (Lipinski definition) is 2. The zero-order valence-corrected chi connectivity index (χ0v) is 49.7. The van der Waals surface area contributed by atoms with Crippen molar-refractivity contribution in [3.05, 3.63) is 237 Å². The molecule has 10 aromatic carbocycles. The molecule has 31 heteroatoms. The van der Waals surface area contributed by atoms with Crippen LogP contribution in [0.2, 0.25) is 0 Å². The van der Waals surface area contributed by atoms with Crippen LogP contribution in [0.15, 0.2) is 176 Å². The topological polar surface area (TPSA) is 57.4 Å². The fraction of sp³-hybridized carbons (Fsp3) is 0.127. The molecule has 12 rings (SSSR count). The summed E-state index contributed by atoms with van der Waals surface area (Å²) in [5, 5.41) is 20.5. The van der Waals surface area contributed by atoms with Gasteiger partial charge in [0.1, 0.15) is 11.6 Å². The van der Waals surface area contributed by atoms with Crippen molar-refractivity contribution in [2.24, 2.45) is 0 Å². The minimum Gasteiger partial charge on any atom is -0.308 e. The first-order chi connectivity index (χ1) is 47.2. The Morgan fingerprint density at radius 2 is 0.510 bits per heavy atom. The molecule has 4 nitrogen and oxygen atoms in total. The third kappa shape index (κ3) is 12.7. The van der Waals surface area contributed by atoms with Gasteiger partial charge in [-0.25, -0.2) is 0 Å². The van der Waals surface area contributed by atoms with E-state index in [1.807, 2.05) is 6.07 Å². The Hall–Kier alpha value is -11.1. The minimum atomic E-state index is -5.59. The Bertz CT molecular complexity index is 4970. The summed E-state index contributed by atoms with van der Waals surface area (Å²) < 4.78 is 396. The van der Waals surface area contributed by atoms with Crippen LogP contribution in [0.5, 0.6) is 0 Å². The normalized spacial score (nSPS) is 13.2. The molecule has 0 radical (unpaired) electrons. The molecule has 2 heterocycles. The molecule has 0 unspecified atom stereocenters. The maximum Gasteiger partial charge on any atom is 0.417 e. The minimum absolute atomic E-state index is 0.246. The van der Waals surface area contributed by atoms with Crippen LogP contribution in [-0.2, 0) is 55.6 Å². The Labute approximate surface area is 552 Å². The largest absolute Gasteiger partial charge is 0.417 e. The molecule has 522 valence electrons. The third-order valence-corrected chi connectivity index (χ3v) is 16.9. The predicted molar refractivity (Wildman–Crippen MR) is 317 cm³/mol. The quantitative estimate of drug-likeness (QED) is 0.149. The molecule has 0 saturated carbocycles. The SMILES string of the molecule is N#Cc1cccc(C(F)(F)F)c1-c1cc(-n2c3ccc(-c4ccc(C(F)(F)F)cc4C(F)(F)F)cc3c3cc(-c4ccc(C(F)(F)F)cc4C(F)(F)F)ccc32)c(C#N)c(-n2c3ccc(-c4ccc(C(F)(F)F)cc4C(F)(F)F)cc3c3cc(-c4ccc(C(F)(F)F)cc4C(F)(F)F)ccc32)c1. The van der Waals surface area contributed by atoms with Crippen molar-refractivity contribution in [2.75, 3.05) is 0 Å². The maximum atomic E-state index is 15.5. The number of aromatic nitrogens is 2. The summed E-state index contributed by atoms with van der Waals surface area (Å²) in [6.07, 6.45) is -49.3. The number of fused-ring (bicyclic) bond motifs is 6. The molecule has 0 aliphatic rings. The van der Waals surface area contributed by atoms with E-state index in [-0.39, 0.29) is 48.5 Å². The van der Waals surface area contributed by atoms with Crippen molar-refractivity contribution in [3.63, 3.8) is 0 Å². The monoisotopic (exact) mass is 1450 g/mol. The second-order valence-electron chi connectivity index (χ2n) is 23.0. The summed E-state index contributed by atoms with van der Waals surface area (Å²) in [6.45, 7) is 0. The summed E-state index contributed by atoms with van der Waals surface area (Å²) in [5.74, 6) is 0. The molecule has 102 heavy (non-hydrogen) atoms. The van der Waals surface area contributed by atoms with Crippen molar-refractivity contribution in [3.8, 4) is 79.1 Å². The van der Waals surface area contributed by atoms with Gasteiger partial charge < -0.3 is 9.13 Å². The van der Waals surface area contributed by atoms with Crippen LogP contribution in [-0.4, -0.2) is 9.13 Å². The highest BCUT2D eigenvalue weighted by atomic mass is 19.4. The highest BCUT2D eigenvalue weighted by Gasteiger charge is 2.44. The van der Waals surface area contributed by atoms with E-state index in [1.165, 1.54) is 0 Å². The van der Waals surface area contributed by atoms with E-state index in [9.17, 15) is 116 Å². The van der Waals surface area contributed by atoms with Crippen LogP contribution in [0, 0.1) is 22.7 Å². The van der Waals surface area contributed by atoms with Gasteiger partial charge in [-0.15, -0.1) is 0 Å². The second-order valence-corrected chi connectivity index (χ2v) is 23.0. The summed E-state index contributed by atoms with van der Waals surface area (Å²) in [6, 6.07) is 19.7.